The number of rotatable bonds is 8. The summed E-state index contributed by atoms with van der Waals surface area (Å²) in [4.78, 5) is 32.1. The van der Waals surface area contributed by atoms with Crippen molar-refractivity contribution in [1.82, 2.24) is 4.90 Å². The topological polar surface area (TPSA) is 88.4 Å². The maximum Gasteiger partial charge on any atom is 0.341 e. The molecule has 2 aromatic carbocycles. The van der Waals surface area contributed by atoms with Crippen LogP contribution in [0.25, 0.3) is 6.08 Å². The number of carboxylic acid groups (broad SMARTS) is 1. The Morgan fingerprint density at radius 1 is 1.22 bits per heavy atom. The number of carboxylic acids is 1. The molecular formula is C27H29IN2O5S. The van der Waals surface area contributed by atoms with Gasteiger partial charge in [-0.2, -0.15) is 0 Å². The molecule has 1 N–H and O–H groups in total. The van der Waals surface area contributed by atoms with E-state index in [1.54, 1.807) is 6.07 Å². The number of aliphatic imine (C=N–C) groups is 1. The van der Waals surface area contributed by atoms with E-state index in [2.05, 4.69) is 29.5 Å². The molecule has 36 heavy (non-hydrogen) atoms. The summed E-state index contributed by atoms with van der Waals surface area (Å²) in [5.41, 5.74) is 1.59. The normalized spacial score (nSPS) is 22.3. The summed E-state index contributed by atoms with van der Waals surface area (Å²) >= 11 is 3.49. The lowest BCUT2D eigenvalue weighted by Crippen LogP contribution is -2.44. The summed E-state index contributed by atoms with van der Waals surface area (Å²) in [7, 11) is 0. The highest BCUT2D eigenvalue weighted by Crippen LogP contribution is 2.41. The number of benzene rings is 2. The van der Waals surface area contributed by atoms with Crippen molar-refractivity contribution in [2.75, 3.05) is 13.2 Å². The molecule has 190 valence electrons. The summed E-state index contributed by atoms with van der Waals surface area (Å²) in [6.07, 6.45) is 6.22. The van der Waals surface area contributed by atoms with Crippen molar-refractivity contribution in [1.29, 1.82) is 0 Å². The molecule has 1 aliphatic carbocycles. The number of carbonyl (C=O) groups is 2. The van der Waals surface area contributed by atoms with E-state index in [-0.39, 0.29) is 11.9 Å². The first-order chi connectivity index (χ1) is 17.4. The maximum absolute atomic E-state index is 13.7. The SMILES string of the molecule is CCOc1cc(/C=C2\SC(=Nc3ccccc3)N([C@H]3CCCC[C@@H]3C)C2=O)cc(I)c1OCC(=O)O. The van der Waals surface area contributed by atoms with Crippen LogP contribution in [0, 0.1) is 9.49 Å². The number of para-hydroxylation sites is 1. The second-order valence-corrected chi connectivity index (χ2v) is 11.0. The number of hydrogen-bond donors (Lipinski definition) is 1. The molecule has 0 spiro atoms. The van der Waals surface area contributed by atoms with Crippen molar-refractivity contribution < 1.29 is 24.2 Å². The number of carbonyl (C=O) groups excluding carboxylic acids is 1. The van der Waals surface area contributed by atoms with Crippen molar-refractivity contribution in [3.8, 4) is 11.5 Å². The fourth-order valence-corrected chi connectivity index (χ4v) is 6.34. The molecule has 7 nitrogen and oxygen atoms in total. The Morgan fingerprint density at radius 3 is 2.67 bits per heavy atom. The number of aliphatic carboxylic acids is 1. The summed E-state index contributed by atoms with van der Waals surface area (Å²) < 4.78 is 11.9. The Bertz CT molecular complexity index is 1180. The molecular weight excluding hydrogens is 591 g/mol. The van der Waals surface area contributed by atoms with Crippen LogP contribution in [0.5, 0.6) is 11.5 Å². The lowest BCUT2D eigenvalue weighted by atomic mass is 9.85. The number of amidine groups is 1. The third kappa shape index (κ3) is 6.23. The predicted molar refractivity (Wildman–Crippen MR) is 151 cm³/mol. The number of ether oxygens (including phenoxy) is 2. The van der Waals surface area contributed by atoms with Gasteiger partial charge in [0.25, 0.3) is 5.91 Å². The van der Waals surface area contributed by atoms with Gasteiger partial charge in [0.05, 0.1) is 20.8 Å². The van der Waals surface area contributed by atoms with Gasteiger partial charge in [-0.25, -0.2) is 9.79 Å². The Labute approximate surface area is 229 Å². The molecule has 0 aromatic heterocycles. The molecule has 2 aliphatic rings. The Kier molecular flexibility index (Phi) is 8.95. The molecule has 9 heteroatoms. The number of halogens is 1. The van der Waals surface area contributed by atoms with E-state index in [0.29, 0.717) is 37.7 Å². The summed E-state index contributed by atoms with van der Waals surface area (Å²) in [6.45, 7) is 4.01. The fourth-order valence-electron chi connectivity index (χ4n) is 4.51. The quantitative estimate of drug-likeness (QED) is 0.274. The minimum atomic E-state index is -1.06. The van der Waals surface area contributed by atoms with Gasteiger partial charge in [-0.05, 0) is 95.9 Å². The zero-order valence-electron chi connectivity index (χ0n) is 20.3. The van der Waals surface area contributed by atoms with E-state index in [0.717, 1.165) is 30.5 Å². The van der Waals surface area contributed by atoms with E-state index in [9.17, 15) is 9.59 Å². The van der Waals surface area contributed by atoms with Gasteiger partial charge in [-0.15, -0.1) is 0 Å². The van der Waals surface area contributed by atoms with Crippen LogP contribution in [-0.2, 0) is 9.59 Å². The highest BCUT2D eigenvalue weighted by atomic mass is 127. The van der Waals surface area contributed by atoms with Crippen LogP contribution in [0.4, 0.5) is 5.69 Å². The molecule has 0 unspecified atom stereocenters. The summed E-state index contributed by atoms with van der Waals surface area (Å²) in [5, 5.41) is 9.71. The van der Waals surface area contributed by atoms with Crippen LogP contribution in [0.15, 0.2) is 52.4 Å². The van der Waals surface area contributed by atoms with Crippen LogP contribution in [0.1, 0.15) is 45.1 Å². The largest absolute Gasteiger partial charge is 0.490 e. The smallest absolute Gasteiger partial charge is 0.341 e. The molecule has 0 bridgehead atoms. The van der Waals surface area contributed by atoms with E-state index < -0.39 is 12.6 Å². The van der Waals surface area contributed by atoms with E-state index in [1.807, 2.05) is 54.3 Å². The lowest BCUT2D eigenvalue weighted by Gasteiger charge is -2.35. The zero-order valence-corrected chi connectivity index (χ0v) is 23.3. The molecule has 2 aromatic rings. The molecule has 2 fully saturated rings. The summed E-state index contributed by atoms with van der Waals surface area (Å²) in [6, 6.07) is 13.5. The lowest BCUT2D eigenvalue weighted by molar-refractivity contribution is -0.139. The predicted octanol–water partition coefficient (Wildman–Crippen LogP) is 6.34. The highest BCUT2D eigenvalue weighted by Gasteiger charge is 2.41. The van der Waals surface area contributed by atoms with E-state index >= 15 is 0 Å². The van der Waals surface area contributed by atoms with Crippen molar-refractivity contribution in [2.45, 2.75) is 45.6 Å². The van der Waals surface area contributed by atoms with E-state index in [4.69, 9.17) is 19.6 Å². The Hall–Kier alpha value is -2.53. The van der Waals surface area contributed by atoms with Crippen molar-refractivity contribution in [3.05, 3.63) is 56.5 Å². The molecule has 1 heterocycles. The minimum absolute atomic E-state index is 0.0346. The Balaban J connectivity index is 1.70. The summed E-state index contributed by atoms with van der Waals surface area (Å²) in [5.74, 6) is 0.141. The van der Waals surface area contributed by atoms with Gasteiger partial charge in [0.2, 0.25) is 0 Å². The van der Waals surface area contributed by atoms with Gasteiger partial charge in [0.15, 0.2) is 23.3 Å². The minimum Gasteiger partial charge on any atom is -0.490 e. The second-order valence-electron chi connectivity index (χ2n) is 8.79. The van der Waals surface area contributed by atoms with Crippen LogP contribution in [-0.4, -0.2) is 46.3 Å². The van der Waals surface area contributed by atoms with Crippen molar-refractivity contribution in [3.63, 3.8) is 0 Å². The second kappa shape index (κ2) is 12.1. The first-order valence-electron chi connectivity index (χ1n) is 12.0. The molecule has 1 amide bonds. The molecule has 2 atom stereocenters. The Morgan fingerprint density at radius 2 is 1.97 bits per heavy atom. The molecule has 0 radical (unpaired) electrons. The maximum atomic E-state index is 13.7. The number of hydrogen-bond acceptors (Lipinski definition) is 6. The van der Waals surface area contributed by atoms with Gasteiger partial charge in [0.1, 0.15) is 0 Å². The van der Waals surface area contributed by atoms with Crippen LogP contribution >= 0.6 is 34.4 Å². The van der Waals surface area contributed by atoms with Crippen molar-refractivity contribution >= 4 is 63.2 Å². The number of nitrogens with zero attached hydrogens (tertiary/aromatic N) is 2. The number of thioether (sulfide) groups is 1. The fraction of sp³-hybridized carbons (Fsp3) is 0.370. The van der Waals surface area contributed by atoms with Crippen LogP contribution < -0.4 is 9.47 Å². The number of amides is 1. The first kappa shape index (κ1) is 26.5. The van der Waals surface area contributed by atoms with Crippen LogP contribution in [0.2, 0.25) is 0 Å². The molecule has 1 aliphatic heterocycles. The molecule has 1 saturated carbocycles. The van der Waals surface area contributed by atoms with Gasteiger partial charge < -0.3 is 14.6 Å². The molecule has 4 rings (SSSR count). The average Bonchev–Trinajstić information content (AvgIpc) is 3.13. The van der Waals surface area contributed by atoms with Gasteiger partial charge in [0, 0.05) is 6.04 Å². The van der Waals surface area contributed by atoms with Gasteiger partial charge in [-0.1, -0.05) is 38.0 Å². The van der Waals surface area contributed by atoms with Crippen LogP contribution in [0.3, 0.4) is 0 Å². The molecule has 1 saturated heterocycles. The van der Waals surface area contributed by atoms with Crippen molar-refractivity contribution in [2.24, 2.45) is 10.9 Å². The van der Waals surface area contributed by atoms with E-state index in [1.165, 1.54) is 18.2 Å². The average molecular weight is 621 g/mol. The highest BCUT2D eigenvalue weighted by molar-refractivity contribution is 14.1. The third-order valence-corrected chi connectivity index (χ3v) is 7.97. The zero-order chi connectivity index (χ0) is 25.7. The van der Waals surface area contributed by atoms with Gasteiger partial charge in [-0.3, -0.25) is 9.69 Å². The first-order valence-corrected chi connectivity index (χ1v) is 13.9. The monoisotopic (exact) mass is 620 g/mol. The third-order valence-electron chi connectivity index (χ3n) is 6.19. The standard InChI is InChI=1S/C27H29IN2O5S/c1-3-34-22-14-18(13-20(28)25(22)35-16-24(31)32)15-23-26(33)30(21-12-8-7-9-17(21)2)27(36-23)29-19-10-5-4-6-11-19/h4-6,10-11,13-15,17,21H,3,7-9,12,16H2,1-2H3,(H,31,32)/b23-15-,29-27?/t17-,21-/m0/s1. The van der Waals surface area contributed by atoms with Gasteiger partial charge >= 0.3 is 5.97 Å².